The fourth-order valence-corrected chi connectivity index (χ4v) is 1.30. The van der Waals surface area contributed by atoms with Gasteiger partial charge in [-0.15, -0.1) is 0 Å². The fourth-order valence-electron chi connectivity index (χ4n) is 1.30. The summed E-state index contributed by atoms with van der Waals surface area (Å²) in [7, 11) is 0. The summed E-state index contributed by atoms with van der Waals surface area (Å²) in [6, 6.07) is 0. The van der Waals surface area contributed by atoms with E-state index in [-0.39, 0.29) is 12.3 Å². The zero-order valence-electron chi connectivity index (χ0n) is 12.6. The van der Waals surface area contributed by atoms with Gasteiger partial charge >= 0.3 is 5.97 Å². The van der Waals surface area contributed by atoms with Gasteiger partial charge < -0.3 is 14.2 Å². The summed E-state index contributed by atoms with van der Waals surface area (Å²) in [6.07, 6.45) is 4.49. The Morgan fingerprint density at radius 1 is 1.05 bits per heavy atom. The van der Waals surface area contributed by atoms with Crippen molar-refractivity contribution < 1.29 is 19.0 Å². The van der Waals surface area contributed by atoms with Gasteiger partial charge in [0.1, 0.15) is 0 Å². The first kappa shape index (κ1) is 18.1. The van der Waals surface area contributed by atoms with Crippen LogP contribution in [0.4, 0.5) is 0 Å². The molecule has 0 aromatic rings. The largest absolute Gasteiger partial charge is 0.462 e. The number of carbonyl (C=O) groups excluding carboxylic acids is 1. The molecule has 0 fully saturated rings. The van der Waals surface area contributed by atoms with E-state index >= 15 is 0 Å². The average molecular weight is 272 g/mol. The molecule has 0 heterocycles. The molecule has 0 aliphatic rings. The van der Waals surface area contributed by atoms with Gasteiger partial charge in [0, 0.05) is 25.2 Å². The van der Waals surface area contributed by atoms with Crippen LogP contribution in [0.25, 0.3) is 0 Å². The first-order valence-electron chi connectivity index (χ1n) is 7.17. The van der Waals surface area contributed by atoms with Crippen LogP contribution in [0.15, 0.2) is 12.2 Å². The van der Waals surface area contributed by atoms with Crippen molar-refractivity contribution in [2.45, 2.75) is 59.2 Å². The molecule has 0 radical (unpaired) electrons. The highest BCUT2D eigenvalue weighted by Crippen LogP contribution is 2.06. The maximum Gasteiger partial charge on any atom is 0.333 e. The third-order valence-corrected chi connectivity index (χ3v) is 2.54. The Balaban J connectivity index is 3.88. The van der Waals surface area contributed by atoms with Crippen LogP contribution in [-0.2, 0) is 19.0 Å². The van der Waals surface area contributed by atoms with E-state index in [0.717, 1.165) is 25.7 Å². The SMILES string of the molecule is C=C(C)C(=O)OCCC(OCCCC)OCCCC. The van der Waals surface area contributed by atoms with Crippen molar-refractivity contribution in [3.05, 3.63) is 12.2 Å². The summed E-state index contributed by atoms with van der Waals surface area (Å²) in [5.74, 6) is -0.360. The van der Waals surface area contributed by atoms with E-state index in [2.05, 4.69) is 20.4 Å². The van der Waals surface area contributed by atoms with E-state index in [1.54, 1.807) is 6.92 Å². The molecule has 0 aliphatic carbocycles. The van der Waals surface area contributed by atoms with Crippen LogP contribution < -0.4 is 0 Å². The highest BCUT2D eigenvalue weighted by atomic mass is 16.7. The normalized spacial score (nSPS) is 10.7. The molecule has 112 valence electrons. The molecule has 0 aromatic heterocycles. The van der Waals surface area contributed by atoms with Crippen LogP contribution in [0.2, 0.25) is 0 Å². The van der Waals surface area contributed by atoms with E-state index in [1.807, 2.05) is 0 Å². The van der Waals surface area contributed by atoms with Gasteiger partial charge in [0.2, 0.25) is 0 Å². The molecule has 4 nitrogen and oxygen atoms in total. The lowest BCUT2D eigenvalue weighted by molar-refractivity contribution is -0.159. The van der Waals surface area contributed by atoms with Crippen LogP contribution in [0, 0.1) is 0 Å². The highest BCUT2D eigenvalue weighted by molar-refractivity contribution is 5.86. The Kier molecular flexibility index (Phi) is 11.6. The lowest BCUT2D eigenvalue weighted by atomic mass is 10.3. The van der Waals surface area contributed by atoms with Gasteiger partial charge in [-0.25, -0.2) is 4.79 Å². The number of rotatable bonds is 12. The van der Waals surface area contributed by atoms with Gasteiger partial charge in [0.15, 0.2) is 6.29 Å². The second-order valence-corrected chi connectivity index (χ2v) is 4.58. The van der Waals surface area contributed by atoms with E-state index in [9.17, 15) is 4.79 Å². The van der Waals surface area contributed by atoms with Crippen molar-refractivity contribution in [3.63, 3.8) is 0 Å². The van der Waals surface area contributed by atoms with Gasteiger partial charge in [-0.05, 0) is 19.8 Å². The second-order valence-electron chi connectivity index (χ2n) is 4.58. The van der Waals surface area contributed by atoms with Crippen LogP contribution >= 0.6 is 0 Å². The number of esters is 1. The summed E-state index contributed by atoms with van der Waals surface area (Å²) < 4.78 is 16.3. The third kappa shape index (κ3) is 10.7. The Labute approximate surface area is 117 Å². The summed E-state index contributed by atoms with van der Waals surface area (Å²) in [6.45, 7) is 11.1. The Morgan fingerprint density at radius 3 is 2.00 bits per heavy atom. The number of unbranched alkanes of at least 4 members (excludes halogenated alkanes) is 2. The molecule has 0 saturated carbocycles. The smallest absolute Gasteiger partial charge is 0.333 e. The standard InChI is InChI=1S/C15H28O4/c1-5-7-10-17-14(18-11-8-6-2)9-12-19-15(16)13(3)4/h14H,3,5-12H2,1-2,4H3. The average Bonchev–Trinajstić information content (AvgIpc) is 2.38. The first-order valence-corrected chi connectivity index (χ1v) is 7.17. The minimum absolute atomic E-state index is 0.281. The lowest BCUT2D eigenvalue weighted by Gasteiger charge is -2.18. The monoisotopic (exact) mass is 272 g/mol. The van der Waals surface area contributed by atoms with Crippen molar-refractivity contribution in [1.82, 2.24) is 0 Å². The second kappa shape index (κ2) is 12.2. The summed E-state index contributed by atoms with van der Waals surface area (Å²) in [5.41, 5.74) is 0.412. The maximum atomic E-state index is 11.2. The number of hydrogen-bond donors (Lipinski definition) is 0. The third-order valence-electron chi connectivity index (χ3n) is 2.54. The molecule has 4 heteroatoms. The molecule has 0 spiro atoms. The zero-order valence-corrected chi connectivity index (χ0v) is 12.6. The van der Waals surface area contributed by atoms with E-state index in [0.29, 0.717) is 31.8 Å². The van der Waals surface area contributed by atoms with Gasteiger partial charge in [0.25, 0.3) is 0 Å². The summed E-state index contributed by atoms with van der Waals surface area (Å²) in [4.78, 5) is 11.2. The Morgan fingerprint density at radius 2 is 1.58 bits per heavy atom. The molecule has 0 rings (SSSR count). The molecular formula is C15H28O4. The van der Waals surface area contributed by atoms with Crippen molar-refractivity contribution in [2.75, 3.05) is 19.8 Å². The highest BCUT2D eigenvalue weighted by Gasteiger charge is 2.11. The molecule has 0 amide bonds. The minimum Gasteiger partial charge on any atom is -0.462 e. The number of ether oxygens (including phenoxy) is 3. The fraction of sp³-hybridized carbons (Fsp3) is 0.800. The van der Waals surface area contributed by atoms with Crippen LogP contribution in [-0.4, -0.2) is 32.1 Å². The first-order chi connectivity index (χ1) is 9.11. The summed E-state index contributed by atoms with van der Waals surface area (Å²) in [5, 5.41) is 0. The van der Waals surface area contributed by atoms with Crippen molar-refractivity contribution >= 4 is 5.97 Å². The van der Waals surface area contributed by atoms with Crippen molar-refractivity contribution in [1.29, 1.82) is 0 Å². The van der Waals surface area contributed by atoms with Crippen LogP contribution in [0.5, 0.6) is 0 Å². The van der Waals surface area contributed by atoms with Crippen molar-refractivity contribution in [3.8, 4) is 0 Å². The topological polar surface area (TPSA) is 44.8 Å². The number of hydrogen-bond acceptors (Lipinski definition) is 4. The quantitative estimate of drug-likeness (QED) is 0.236. The molecule has 0 bridgehead atoms. The van der Waals surface area contributed by atoms with E-state index in [4.69, 9.17) is 14.2 Å². The number of carbonyl (C=O) groups is 1. The van der Waals surface area contributed by atoms with Crippen LogP contribution in [0.3, 0.4) is 0 Å². The predicted molar refractivity (Wildman–Crippen MR) is 75.9 cm³/mol. The van der Waals surface area contributed by atoms with E-state index in [1.165, 1.54) is 0 Å². The Bertz CT molecular complexity index is 241. The molecule has 0 atom stereocenters. The van der Waals surface area contributed by atoms with Gasteiger partial charge in [-0.1, -0.05) is 33.3 Å². The van der Waals surface area contributed by atoms with Crippen molar-refractivity contribution in [2.24, 2.45) is 0 Å². The lowest BCUT2D eigenvalue weighted by Crippen LogP contribution is -2.22. The minimum atomic E-state index is -0.360. The van der Waals surface area contributed by atoms with E-state index < -0.39 is 0 Å². The van der Waals surface area contributed by atoms with Gasteiger partial charge in [-0.3, -0.25) is 0 Å². The Hall–Kier alpha value is -0.870. The molecule has 0 aromatic carbocycles. The molecule has 19 heavy (non-hydrogen) atoms. The van der Waals surface area contributed by atoms with Gasteiger partial charge in [-0.2, -0.15) is 0 Å². The molecule has 0 aliphatic heterocycles. The van der Waals surface area contributed by atoms with Gasteiger partial charge in [0.05, 0.1) is 6.61 Å². The zero-order chi connectivity index (χ0) is 14.5. The maximum absolute atomic E-state index is 11.2. The predicted octanol–water partition coefficient (Wildman–Crippen LogP) is 3.46. The van der Waals surface area contributed by atoms with Crippen LogP contribution in [0.1, 0.15) is 52.9 Å². The molecule has 0 N–H and O–H groups in total. The molecule has 0 unspecified atom stereocenters. The summed E-state index contributed by atoms with van der Waals surface area (Å²) >= 11 is 0. The molecular weight excluding hydrogens is 244 g/mol. The molecule has 0 saturated heterocycles.